The molecular formula is C17H16N4O3. The van der Waals surface area contributed by atoms with Gasteiger partial charge in [0.15, 0.2) is 0 Å². The van der Waals surface area contributed by atoms with Crippen LogP contribution in [0.5, 0.6) is 0 Å². The molecule has 1 heterocycles. The maximum absolute atomic E-state index is 12.4. The molecule has 0 saturated carbocycles. The molecule has 3 aromatic rings. The predicted octanol–water partition coefficient (Wildman–Crippen LogP) is 2.49. The van der Waals surface area contributed by atoms with Crippen LogP contribution in [0.1, 0.15) is 27.6 Å². The lowest BCUT2D eigenvalue weighted by molar-refractivity contribution is 0.0600. The largest absolute Gasteiger partial charge is 0.465 e. The van der Waals surface area contributed by atoms with E-state index in [0.717, 1.165) is 5.52 Å². The minimum Gasteiger partial charge on any atom is -0.465 e. The quantitative estimate of drug-likeness (QED) is 0.745. The van der Waals surface area contributed by atoms with Crippen LogP contribution in [0.3, 0.4) is 0 Å². The highest BCUT2D eigenvalue weighted by molar-refractivity contribution is 6.06. The first-order valence-electron chi connectivity index (χ1n) is 7.45. The smallest absolute Gasteiger partial charge is 0.337 e. The van der Waals surface area contributed by atoms with Crippen LogP contribution in [0.15, 0.2) is 42.5 Å². The van der Waals surface area contributed by atoms with Gasteiger partial charge in [-0.25, -0.2) is 9.48 Å². The van der Waals surface area contributed by atoms with E-state index in [1.807, 2.05) is 13.0 Å². The van der Waals surface area contributed by atoms with Crippen molar-refractivity contribution in [1.82, 2.24) is 15.0 Å². The molecule has 3 rings (SSSR count). The number of aromatic nitrogens is 3. The van der Waals surface area contributed by atoms with Crippen molar-refractivity contribution in [2.75, 3.05) is 12.4 Å². The summed E-state index contributed by atoms with van der Waals surface area (Å²) in [5.74, 6) is -0.675. The summed E-state index contributed by atoms with van der Waals surface area (Å²) in [5.41, 5.74) is 3.06. The molecule has 0 atom stereocenters. The topological polar surface area (TPSA) is 86.1 Å². The number of nitrogens with one attached hydrogen (secondary N) is 1. The Morgan fingerprint density at radius 1 is 1.12 bits per heavy atom. The van der Waals surface area contributed by atoms with Crippen molar-refractivity contribution in [1.29, 1.82) is 0 Å². The lowest BCUT2D eigenvalue weighted by Crippen LogP contribution is -2.12. The van der Waals surface area contributed by atoms with Crippen LogP contribution in [-0.4, -0.2) is 34.0 Å². The molecule has 0 aliphatic rings. The predicted molar refractivity (Wildman–Crippen MR) is 88.9 cm³/mol. The van der Waals surface area contributed by atoms with Crippen molar-refractivity contribution in [2.45, 2.75) is 13.5 Å². The summed E-state index contributed by atoms with van der Waals surface area (Å²) in [6.45, 7) is 2.70. The maximum atomic E-state index is 12.4. The van der Waals surface area contributed by atoms with Crippen LogP contribution in [0.4, 0.5) is 5.69 Å². The van der Waals surface area contributed by atoms with E-state index in [9.17, 15) is 9.59 Å². The molecule has 0 spiro atoms. The van der Waals surface area contributed by atoms with Crippen LogP contribution in [-0.2, 0) is 11.3 Å². The molecule has 2 aromatic carbocycles. The molecule has 0 radical (unpaired) electrons. The fourth-order valence-corrected chi connectivity index (χ4v) is 2.36. The molecule has 1 amide bonds. The van der Waals surface area contributed by atoms with Crippen molar-refractivity contribution < 1.29 is 14.3 Å². The minimum absolute atomic E-state index is 0.256. The molecule has 0 fully saturated rings. The van der Waals surface area contributed by atoms with Gasteiger partial charge < -0.3 is 10.1 Å². The summed E-state index contributed by atoms with van der Waals surface area (Å²) in [5, 5.41) is 10.9. The Morgan fingerprint density at radius 2 is 1.83 bits per heavy atom. The lowest BCUT2D eigenvalue weighted by atomic mass is 10.1. The van der Waals surface area contributed by atoms with Gasteiger partial charge in [-0.1, -0.05) is 5.21 Å². The summed E-state index contributed by atoms with van der Waals surface area (Å²) in [7, 11) is 1.32. The van der Waals surface area contributed by atoms with Crippen LogP contribution in [0.2, 0.25) is 0 Å². The van der Waals surface area contributed by atoms with E-state index in [-0.39, 0.29) is 5.91 Å². The van der Waals surface area contributed by atoms with Crippen molar-refractivity contribution in [2.24, 2.45) is 0 Å². The Morgan fingerprint density at radius 3 is 2.50 bits per heavy atom. The molecule has 0 saturated heterocycles. The van der Waals surface area contributed by atoms with E-state index in [4.69, 9.17) is 0 Å². The van der Waals surface area contributed by atoms with E-state index in [0.29, 0.717) is 28.9 Å². The Hall–Kier alpha value is -3.22. The third-order valence-corrected chi connectivity index (χ3v) is 3.64. The Balaban J connectivity index is 1.78. The zero-order valence-corrected chi connectivity index (χ0v) is 13.3. The standard InChI is InChI=1S/C17H16N4O3/c1-3-21-15-9-6-12(10-14(15)19-20-21)16(22)18-13-7-4-11(5-8-13)17(23)24-2/h4-10H,3H2,1-2H3,(H,18,22). The van der Waals surface area contributed by atoms with Crippen molar-refractivity contribution >= 4 is 28.6 Å². The van der Waals surface area contributed by atoms with Gasteiger partial charge in [0.2, 0.25) is 0 Å². The zero-order valence-electron chi connectivity index (χ0n) is 13.3. The van der Waals surface area contributed by atoms with Gasteiger partial charge >= 0.3 is 5.97 Å². The van der Waals surface area contributed by atoms with Gasteiger partial charge in [0.25, 0.3) is 5.91 Å². The van der Waals surface area contributed by atoms with E-state index >= 15 is 0 Å². The first-order valence-corrected chi connectivity index (χ1v) is 7.45. The number of anilines is 1. The average molecular weight is 324 g/mol. The summed E-state index contributed by atoms with van der Waals surface area (Å²) < 4.78 is 6.40. The SMILES string of the molecule is CCn1nnc2cc(C(=O)Nc3ccc(C(=O)OC)cc3)ccc21. The maximum Gasteiger partial charge on any atom is 0.337 e. The highest BCUT2D eigenvalue weighted by atomic mass is 16.5. The monoisotopic (exact) mass is 324 g/mol. The van der Waals surface area contributed by atoms with Gasteiger partial charge in [0, 0.05) is 17.8 Å². The van der Waals surface area contributed by atoms with Crippen molar-refractivity contribution in [3.05, 3.63) is 53.6 Å². The van der Waals surface area contributed by atoms with Crippen molar-refractivity contribution in [3.8, 4) is 0 Å². The number of carbonyl (C=O) groups excluding carboxylic acids is 2. The van der Waals surface area contributed by atoms with E-state index in [1.165, 1.54) is 7.11 Å². The third kappa shape index (κ3) is 2.96. The number of fused-ring (bicyclic) bond motifs is 1. The van der Waals surface area contributed by atoms with Gasteiger partial charge in [-0.05, 0) is 49.4 Å². The molecular weight excluding hydrogens is 308 g/mol. The van der Waals surface area contributed by atoms with E-state index in [2.05, 4.69) is 20.4 Å². The molecule has 0 aliphatic heterocycles. The van der Waals surface area contributed by atoms with E-state index in [1.54, 1.807) is 41.1 Å². The highest BCUT2D eigenvalue weighted by Gasteiger charge is 2.11. The van der Waals surface area contributed by atoms with Gasteiger partial charge in [0.05, 0.1) is 18.2 Å². The van der Waals surface area contributed by atoms with Gasteiger partial charge in [-0.15, -0.1) is 5.10 Å². The second-order valence-electron chi connectivity index (χ2n) is 5.13. The van der Waals surface area contributed by atoms with Gasteiger partial charge in [-0.2, -0.15) is 0 Å². The molecule has 1 aromatic heterocycles. The fraction of sp³-hybridized carbons (Fsp3) is 0.176. The molecule has 7 heteroatoms. The summed E-state index contributed by atoms with van der Waals surface area (Å²) in [4.78, 5) is 23.7. The first-order chi connectivity index (χ1) is 11.6. The average Bonchev–Trinajstić information content (AvgIpc) is 3.04. The van der Waals surface area contributed by atoms with Crippen LogP contribution >= 0.6 is 0 Å². The van der Waals surface area contributed by atoms with Crippen LogP contribution in [0.25, 0.3) is 11.0 Å². The fourth-order valence-electron chi connectivity index (χ4n) is 2.36. The molecule has 7 nitrogen and oxygen atoms in total. The second-order valence-corrected chi connectivity index (χ2v) is 5.13. The number of nitrogens with zero attached hydrogens (tertiary/aromatic N) is 3. The molecule has 0 bridgehead atoms. The number of hydrogen-bond donors (Lipinski definition) is 1. The second kappa shape index (κ2) is 6.49. The molecule has 0 unspecified atom stereocenters. The number of amides is 1. The number of esters is 1. The lowest BCUT2D eigenvalue weighted by Gasteiger charge is -2.06. The van der Waals surface area contributed by atoms with Gasteiger partial charge in [-0.3, -0.25) is 4.79 Å². The third-order valence-electron chi connectivity index (χ3n) is 3.64. The summed E-state index contributed by atoms with van der Waals surface area (Å²) in [6.07, 6.45) is 0. The number of carbonyl (C=O) groups is 2. The van der Waals surface area contributed by atoms with E-state index < -0.39 is 5.97 Å². The molecule has 1 N–H and O–H groups in total. The van der Waals surface area contributed by atoms with Crippen LogP contribution in [0, 0.1) is 0 Å². The number of aryl methyl sites for hydroxylation is 1. The summed E-state index contributed by atoms with van der Waals surface area (Å²) in [6, 6.07) is 11.7. The summed E-state index contributed by atoms with van der Waals surface area (Å²) >= 11 is 0. The number of methoxy groups -OCH3 is 1. The molecule has 122 valence electrons. The van der Waals surface area contributed by atoms with Crippen LogP contribution < -0.4 is 5.32 Å². The zero-order chi connectivity index (χ0) is 17.1. The minimum atomic E-state index is -0.419. The Kier molecular flexibility index (Phi) is 4.24. The molecule has 0 aliphatic carbocycles. The number of ether oxygens (including phenoxy) is 1. The number of hydrogen-bond acceptors (Lipinski definition) is 5. The number of rotatable bonds is 4. The molecule has 24 heavy (non-hydrogen) atoms. The Labute approximate surface area is 138 Å². The number of benzene rings is 2. The van der Waals surface area contributed by atoms with Gasteiger partial charge in [0.1, 0.15) is 5.52 Å². The normalized spacial score (nSPS) is 10.6. The highest BCUT2D eigenvalue weighted by Crippen LogP contribution is 2.16. The first kappa shape index (κ1) is 15.7. The Bertz CT molecular complexity index is 900. The van der Waals surface area contributed by atoms with Crippen molar-refractivity contribution in [3.63, 3.8) is 0 Å².